The molecular formula is C20H25N3O3. The minimum Gasteiger partial charge on any atom is -0.396 e. The van der Waals surface area contributed by atoms with E-state index in [4.69, 9.17) is 5.11 Å². The first-order valence-electron chi connectivity index (χ1n) is 9.22. The average Bonchev–Trinajstić information content (AvgIpc) is 3.14. The van der Waals surface area contributed by atoms with Gasteiger partial charge in [0, 0.05) is 31.8 Å². The summed E-state index contributed by atoms with van der Waals surface area (Å²) in [5.41, 5.74) is 3.72. The van der Waals surface area contributed by atoms with Gasteiger partial charge in [-0.1, -0.05) is 30.3 Å². The second kappa shape index (κ2) is 8.76. The molecule has 3 rings (SSSR count). The third kappa shape index (κ3) is 4.38. The predicted molar refractivity (Wildman–Crippen MR) is 98.8 cm³/mol. The van der Waals surface area contributed by atoms with Crippen molar-refractivity contribution in [3.05, 3.63) is 63.3 Å². The number of aryl methyl sites for hydroxylation is 1. The average molecular weight is 355 g/mol. The van der Waals surface area contributed by atoms with E-state index in [1.165, 1.54) is 0 Å². The zero-order valence-corrected chi connectivity index (χ0v) is 14.9. The highest BCUT2D eigenvalue weighted by molar-refractivity contribution is 5.76. The Bertz CT molecular complexity index is 815. The van der Waals surface area contributed by atoms with Crippen LogP contribution >= 0.6 is 0 Å². The van der Waals surface area contributed by atoms with E-state index in [0.29, 0.717) is 32.4 Å². The van der Waals surface area contributed by atoms with Crippen LogP contribution in [0.3, 0.4) is 0 Å². The summed E-state index contributed by atoms with van der Waals surface area (Å²) in [6, 6.07) is 9.78. The number of nitrogens with zero attached hydrogens (tertiary/aromatic N) is 2. The number of benzene rings is 1. The van der Waals surface area contributed by atoms with Crippen LogP contribution in [0.5, 0.6) is 0 Å². The van der Waals surface area contributed by atoms with Gasteiger partial charge in [0.05, 0.1) is 5.69 Å². The van der Waals surface area contributed by atoms with Crippen LogP contribution in [-0.4, -0.2) is 27.2 Å². The van der Waals surface area contributed by atoms with Gasteiger partial charge in [-0.3, -0.25) is 9.36 Å². The molecule has 6 heteroatoms. The number of carbonyl (C=O) groups excluding carboxylic acids is 1. The fraction of sp³-hybridized carbons (Fsp3) is 0.450. The molecule has 138 valence electrons. The number of amides is 1. The summed E-state index contributed by atoms with van der Waals surface area (Å²) in [6.45, 7) is 1.07. The topological polar surface area (TPSA) is 84.2 Å². The smallest absolute Gasteiger partial charge is 0.347 e. The maximum Gasteiger partial charge on any atom is 0.347 e. The molecule has 0 spiro atoms. The largest absolute Gasteiger partial charge is 0.396 e. The van der Waals surface area contributed by atoms with Crippen molar-refractivity contribution in [3.63, 3.8) is 0 Å². The highest BCUT2D eigenvalue weighted by Crippen LogP contribution is 2.23. The monoisotopic (exact) mass is 355 g/mol. The van der Waals surface area contributed by atoms with Crippen LogP contribution < -0.4 is 11.0 Å². The van der Waals surface area contributed by atoms with Crippen molar-refractivity contribution >= 4 is 5.91 Å². The Labute approximate surface area is 152 Å². The van der Waals surface area contributed by atoms with E-state index in [0.717, 1.165) is 41.8 Å². The zero-order valence-electron chi connectivity index (χ0n) is 14.9. The SMILES string of the molecule is O=C(CCc1nc(=O)n(CCCO)c2c1CCC2)NCc1ccccc1. The van der Waals surface area contributed by atoms with Crippen molar-refractivity contribution in [1.82, 2.24) is 14.9 Å². The van der Waals surface area contributed by atoms with Crippen LogP contribution in [0.25, 0.3) is 0 Å². The Morgan fingerprint density at radius 3 is 2.81 bits per heavy atom. The first kappa shape index (κ1) is 18.3. The highest BCUT2D eigenvalue weighted by Gasteiger charge is 2.21. The third-order valence-corrected chi connectivity index (χ3v) is 4.79. The van der Waals surface area contributed by atoms with Crippen molar-refractivity contribution in [2.45, 2.75) is 51.6 Å². The van der Waals surface area contributed by atoms with Gasteiger partial charge in [0.1, 0.15) is 0 Å². The molecule has 0 unspecified atom stereocenters. The molecule has 0 bridgehead atoms. The Balaban J connectivity index is 1.63. The van der Waals surface area contributed by atoms with E-state index in [9.17, 15) is 9.59 Å². The van der Waals surface area contributed by atoms with Crippen molar-refractivity contribution in [3.8, 4) is 0 Å². The van der Waals surface area contributed by atoms with E-state index >= 15 is 0 Å². The van der Waals surface area contributed by atoms with Crippen molar-refractivity contribution < 1.29 is 9.90 Å². The van der Waals surface area contributed by atoms with Gasteiger partial charge in [-0.2, -0.15) is 4.98 Å². The number of fused-ring (bicyclic) bond motifs is 1. The number of aliphatic hydroxyl groups excluding tert-OH is 1. The fourth-order valence-corrected chi connectivity index (χ4v) is 3.48. The van der Waals surface area contributed by atoms with E-state index in [1.54, 1.807) is 4.57 Å². The van der Waals surface area contributed by atoms with Crippen molar-refractivity contribution in [1.29, 1.82) is 0 Å². The lowest BCUT2D eigenvalue weighted by Gasteiger charge is -2.14. The molecule has 1 aliphatic carbocycles. The van der Waals surface area contributed by atoms with Crippen molar-refractivity contribution in [2.24, 2.45) is 0 Å². The Morgan fingerprint density at radius 1 is 1.23 bits per heavy atom. The van der Waals surface area contributed by atoms with Gasteiger partial charge in [-0.05, 0) is 43.2 Å². The lowest BCUT2D eigenvalue weighted by molar-refractivity contribution is -0.121. The molecule has 0 atom stereocenters. The number of rotatable bonds is 8. The molecular weight excluding hydrogens is 330 g/mol. The summed E-state index contributed by atoms with van der Waals surface area (Å²) in [6.07, 6.45) is 4.14. The molecule has 0 saturated heterocycles. The van der Waals surface area contributed by atoms with Crippen LogP contribution in [0.4, 0.5) is 0 Å². The Kier molecular flexibility index (Phi) is 6.17. The van der Waals surface area contributed by atoms with Gasteiger partial charge >= 0.3 is 5.69 Å². The number of carbonyl (C=O) groups is 1. The number of hydrogen-bond acceptors (Lipinski definition) is 4. The molecule has 2 aromatic rings. The van der Waals surface area contributed by atoms with Gasteiger partial charge in [-0.15, -0.1) is 0 Å². The normalized spacial score (nSPS) is 12.8. The number of aliphatic hydroxyl groups is 1. The first-order valence-corrected chi connectivity index (χ1v) is 9.22. The summed E-state index contributed by atoms with van der Waals surface area (Å²) in [5.74, 6) is -0.0353. The summed E-state index contributed by atoms with van der Waals surface area (Å²) in [4.78, 5) is 28.7. The summed E-state index contributed by atoms with van der Waals surface area (Å²) in [7, 11) is 0. The summed E-state index contributed by atoms with van der Waals surface area (Å²) in [5, 5.41) is 11.9. The standard InChI is InChI=1S/C20H25N3O3/c24-13-5-12-23-18-9-4-8-16(18)17(22-20(23)26)10-11-19(25)21-14-15-6-2-1-3-7-15/h1-3,6-7,24H,4-5,8-14H2,(H,21,25). The molecule has 0 radical (unpaired) electrons. The third-order valence-electron chi connectivity index (χ3n) is 4.79. The Hall–Kier alpha value is -2.47. The van der Waals surface area contributed by atoms with Crippen LogP contribution in [0.2, 0.25) is 0 Å². The van der Waals surface area contributed by atoms with Crippen LogP contribution in [0.15, 0.2) is 35.1 Å². The maximum atomic E-state index is 12.3. The molecule has 0 saturated carbocycles. The molecule has 0 aliphatic heterocycles. The zero-order chi connectivity index (χ0) is 18.4. The van der Waals surface area contributed by atoms with Gasteiger partial charge in [0.25, 0.3) is 0 Å². The predicted octanol–water partition coefficient (Wildman–Crippen LogP) is 1.36. The van der Waals surface area contributed by atoms with Gasteiger partial charge < -0.3 is 10.4 Å². The van der Waals surface area contributed by atoms with E-state index in [-0.39, 0.29) is 18.2 Å². The molecule has 26 heavy (non-hydrogen) atoms. The molecule has 0 fully saturated rings. The summed E-state index contributed by atoms with van der Waals surface area (Å²) >= 11 is 0. The number of aromatic nitrogens is 2. The molecule has 1 aromatic heterocycles. The van der Waals surface area contributed by atoms with Gasteiger partial charge in [-0.25, -0.2) is 4.79 Å². The second-order valence-corrected chi connectivity index (χ2v) is 6.61. The molecule has 1 aromatic carbocycles. The minimum atomic E-state index is -0.265. The van der Waals surface area contributed by atoms with E-state index in [1.807, 2.05) is 30.3 Å². The van der Waals surface area contributed by atoms with Gasteiger partial charge in [0.2, 0.25) is 5.91 Å². The first-order chi connectivity index (χ1) is 12.7. The number of hydrogen-bond donors (Lipinski definition) is 2. The second-order valence-electron chi connectivity index (χ2n) is 6.61. The van der Waals surface area contributed by atoms with Crippen molar-refractivity contribution in [2.75, 3.05) is 6.61 Å². The Morgan fingerprint density at radius 2 is 2.04 bits per heavy atom. The molecule has 1 amide bonds. The lowest BCUT2D eigenvalue weighted by atomic mass is 10.1. The summed E-state index contributed by atoms with van der Waals surface area (Å²) < 4.78 is 1.69. The molecule has 2 N–H and O–H groups in total. The van der Waals surface area contributed by atoms with Crippen LogP contribution in [0.1, 0.15) is 41.8 Å². The van der Waals surface area contributed by atoms with Crippen LogP contribution in [0, 0.1) is 0 Å². The van der Waals surface area contributed by atoms with Crippen LogP contribution in [-0.2, 0) is 37.1 Å². The molecule has 6 nitrogen and oxygen atoms in total. The minimum absolute atomic E-state index is 0.0353. The quantitative estimate of drug-likeness (QED) is 0.749. The maximum absolute atomic E-state index is 12.3. The molecule has 1 heterocycles. The highest BCUT2D eigenvalue weighted by atomic mass is 16.3. The van der Waals surface area contributed by atoms with Gasteiger partial charge in [0.15, 0.2) is 0 Å². The number of nitrogens with one attached hydrogen (secondary N) is 1. The van der Waals surface area contributed by atoms with E-state index < -0.39 is 0 Å². The fourth-order valence-electron chi connectivity index (χ4n) is 3.48. The lowest BCUT2D eigenvalue weighted by Crippen LogP contribution is -2.29. The van der Waals surface area contributed by atoms with E-state index in [2.05, 4.69) is 10.3 Å². The molecule has 1 aliphatic rings.